The van der Waals surface area contributed by atoms with Gasteiger partial charge in [0.15, 0.2) is 0 Å². The van der Waals surface area contributed by atoms with Crippen LogP contribution in [-0.2, 0) is 0 Å². The van der Waals surface area contributed by atoms with E-state index in [9.17, 15) is 18.3 Å². The summed E-state index contributed by atoms with van der Waals surface area (Å²) >= 11 is 0. The third-order valence-electron chi connectivity index (χ3n) is 8.96. The summed E-state index contributed by atoms with van der Waals surface area (Å²) in [5, 5.41) is 12.1. The lowest BCUT2D eigenvalue weighted by molar-refractivity contribution is 0.107. The van der Waals surface area contributed by atoms with E-state index in [0.717, 1.165) is 19.4 Å². The van der Waals surface area contributed by atoms with Gasteiger partial charge in [0.05, 0.1) is 34.2 Å². The Hall–Kier alpha value is -4.10. The van der Waals surface area contributed by atoms with Gasteiger partial charge in [-0.3, -0.25) is 4.90 Å². The molecule has 42 heavy (non-hydrogen) atoms. The van der Waals surface area contributed by atoms with Crippen molar-refractivity contribution in [3.63, 3.8) is 0 Å². The molecule has 2 aromatic carbocycles. The highest BCUT2D eigenvalue weighted by atomic mass is 19.1. The summed E-state index contributed by atoms with van der Waals surface area (Å²) in [6.45, 7) is 3.67. The van der Waals surface area contributed by atoms with Crippen LogP contribution in [-0.4, -0.2) is 75.1 Å². The van der Waals surface area contributed by atoms with Crippen LogP contribution in [0.15, 0.2) is 36.5 Å². The third kappa shape index (κ3) is 4.47. The Bertz CT molecular complexity index is 1770. The van der Waals surface area contributed by atoms with Crippen LogP contribution in [0.3, 0.4) is 0 Å². The van der Waals surface area contributed by atoms with E-state index in [2.05, 4.69) is 15.8 Å². The van der Waals surface area contributed by atoms with Gasteiger partial charge in [0.25, 0.3) is 0 Å². The first-order chi connectivity index (χ1) is 20.1. The van der Waals surface area contributed by atoms with Crippen LogP contribution in [0.2, 0.25) is 0 Å². The first kappa shape index (κ1) is 26.8. The SMILES string of the molecule is C#Cc1c(F)ccc2cc(O)cc(-c3cc4nc(OC[C@@]56CCCN5C[C@H](F)C6)ncc4c(N4CC[C@@](C)(F)C4)n3)c12. The number of aromatic nitrogens is 3. The molecule has 0 radical (unpaired) electrons. The molecule has 0 bridgehead atoms. The highest BCUT2D eigenvalue weighted by molar-refractivity contribution is 6.03. The molecule has 0 amide bonds. The van der Waals surface area contributed by atoms with Gasteiger partial charge in [-0.25, -0.2) is 23.1 Å². The Balaban J connectivity index is 1.36. The largest absolute Gasteiger partial charge is 0.508 e. The fourth-order valence-electron chi connectivity index (χ4n) is 6.97. The minimum Gasteiger partial charge on any atom is -0.508 e. The number of halogens is 3. The summed E-state index contributed by atoms with van der Waals surface area (Å²) < 4.78 is 50.2. The van der Waals surface area contributed by atoms with Gasteiger partial charge in [-0.1, -0.05) is 12.0 Å². The second-order valence-corrected chi connectivity index (χ2v) is 12.0. The quantitative estimate of drug-likeness (QED) is 0.313. The van der Waals surface area contributed by atoms with Crippen molar-refractivity contribution in [3.8, 4) is 35.4 Å². The number of pyridine rings is 1. The molecule has 0 unspecified atom stereocenters. The number of hydrogen-bond acceptors (Lipinski definition) is 7. The van der Waals surface area contributed by atoms with Crippen LogP contribution in [0.25, 0.3) is 32.9 Å². The van der Waals surface area contributed by atoms with E-state index in [1.54, 1.807) is 25.3 Å². The summed E-state index contributed by atoms with van der Waals surface area (Å²) in [6, 6.07) is 7.68. The van der Waals surface area contributed by atoms with Gasteiger partial charge < -0.3 is 14.7 Å². The zero-order valence-electron chi connectivity index (χ0n) is 23.2. The highest BCUT2D eigenvalue weighted by Crippen LogP contribution is 2.41. The van der Waals surface area contributed by atoms with Crippen molar-refractivity contribution in [1.29, 1.82) is 0 Å². The number of fused-ring (bicyclic) bond motifs is 3. The number of alkyl halides is 2. The summed E-state index contributed by atoms with van der Waals surface area (Å²) in [6.07, 6.45) is 9.06. The molecule has 1 N–H and O–H groups in total. The lowest BCUT2D eigenvalue weighted by Crippen LogP contribution is -2.43. The van der Waals surface area contributed by atoms with Gasteiger partial charge in [0.2, 0.25) is 0 Å². The number of phenols is 1. The lowest BCUT2D eigenvalue weighted by Gasteiger charge is -2.30. The fourth-order valence-corrected chi connectivity index (χ4v) is 6.97. The van der Waals surface area contributed by atoms with Crippen molar-refractivity contribution < 1.29 is 23.0 Å². The predicted octanol–water partition coefficient (Wildman–Crippen LogP) is 5.56. The van der Waals surface area contributed by atoms with Gasteiger partial charge in [-0.05, 0) is 56.0 Å². The van der Waals surface area contributed by atoms with E-state index in [0.29, 0.717) is 64.7 Å². The lowest BCUT2D eigenvalue weighted by atomic mass is 9.95. The van der Waals surface area contributed by atoms with Crippen LogP contribution in [0.1, 0.15) is 38.2 Å². The number of rotatable bonds is 5. The van der Waals surface area contributed by atoms with Gasteiger partial charge in [0, 0.05) is 43.1 Å². The second-order valence-electron chi connectivity index (χ2n) is 12.0. The molecule has 4 aromatic rings. The van der Waals surface area contributed by atoms with Crippen molar-refractivity contribution in [3.05, 3.63) is 47.9 Å². The van der Waals surface area contributed by atoms with E-state index in [-0.39, 0.29) is 36.0 Å². The average Bonchev–Trinajstić information content (AvgIpc) is 3.61. The maximum atomic E-state index is 15.0. The number of nitrogens with zero attached hydrogens (tertiary/aromatic N) is 5. The number of terminal acetylenes is 1. The number of benzene rings is 2. The number of ether oxygens (including phenoxy) is 1. The first-order valence-electron chi connectivity index (χ1n) is 14.2. The van der Waals surface area contributed by atoms with Crippen LogP contribution in [0, 0.1) is 18.2 Å². The molecule has 7 nitrogen and oxygen atoms in total. The number of hydrogen-bond donors (Lipinski definition) is 1. The van der Waals surface area contributed by atoms with Gasteiger partial charge in [-0.15, -0.1) is 6.42 Å². The Labute approximate surface area is 241 Å². The second kappa shape index (κ2) is 9.73. The topological polar surface area (TPSA) is 74.6 Å². The smallest absolute Gasteiger partial charge is 0.316 e. The van der Waals surface area contributed by atoms with Crippen LogP contribution < -0.4 is 9.64 Å². The molecule has 3 atom stereocenters. The van der Waals surface area contributed by atoms with Gasteiger partial charge in [0.1, 0.15) is 35.8 Å². The molecular weight excluding hydrogens is 543 g/mol. The summed E-state index contributed by atoms with van der Waals surface area (Å²) in [5.41, 5.74) is -0.410. The van der Waals surface area contributed by atoms with Crippen molar-refractivity contribution in [2.45, 2.75) is 50.0 Å². The Morgan fingerprint density at radius 1 is 1.19 bits per heavy atom. The molecule has 7 rings (SSSR count). The molecule has 3 aliphatic heterocycles. The van der Waals surface area contributed by atoms with Crippen molar-refractivity contribution in [1.82, 2.24) is 19.9 Å². The summed E-state index contributed by atoms with van der Waals surface area (Å²) in [7, 11) is 0. The normalized spacial score (nSPS) is 25.8. The molecule has 3 aliphatic rings. The molecule has 216 valence electrons. The van der Waals surface area contributed by atoms with E-state index in [1.807, 2.05) is 4.90 Å². The molecule has 0 saturated carbocycles. The molecule has 5 heterocycles. The molecule has 0 spiro atoms. The monoisotopic (exact) mass is 573 g/mol. The molecule has 2 aromatic heterocycles. The zero-order chi connectivity index (χ0) is 29.2. The maximum Gasteiger partial charge on any atom is 0.316 e. The molecule has 10 heteroatoms. The minimum absolute atomic E-state index is 0.0390. The van der Waals surface area contributed by atoms with E-state index in [4.69, 9.17) is 21.1 Å². The highest BCUT2D eigenvalue weighted by Gasteiger charge is 2.49. The first-order valence-corrected chi connectivity index (χ1v) is 14.2. The number of phenolic OH excluding ortho intramolecular Hbond substituents is 1. The maximum absolute atomic E-state index is 15.0. The Morgan fingerprint density at radius 2 is 2.05 bits per heavy atom. The number of aromatic hydroxyl groups is 1. The van der Waals surface area contributed by atoms with E-state index < -0.39 is 17.7 Å². The molecule has 3 fully saturated rings. The van der Waals surface area contributed by atoms with E-state index in [1.165, 1.54) is 18.2 Å². The number of anilines is 1. The summed E-state index contributed by atoms with van der Waals surface area (Å²) in [5.74, 6) is 2.31. The van der Waals surface area contributed by atoms with E-state index >= 15 is 0 Å². The van der Waals surface area contributed by atoms with Crippen molar-refractivity contribution >= 4 is 27.5 Å². The van der Waals surface area contributed by atoms with Crippen LogP contribution in [0.4, 0.5) is 19.0 Å². The van der Waals surface area contributed by atoms with Gasteiger partial charge in [-0.2, -0.15) is 4.98 Å². The third-order valence-corrected chi connectivity index (χ3v) is 8.96. The van der Waals surface area contributed by atoms with Crippen molar-refractivity contribution in [2.24, 2.45) is 0 Å². The Morgan fingerprint density at radius 3 is 2.83 bits per heavy atom. The molecule has 0 aliphatic carbocycles. The minimum atomic E-state index is -1.40. The zero-order valence-corrected chi connectivity index (χ0v) is 23.2. The van der Waals surface area contributed by atoms with Crippen molar-refractivity contribution in [2.75, 3.05) is 37.7 Å². The molecular formula is C32H30F3N5O2. The fraction of sp³-hybridized carbons (Fsp3) is 0.406. The van der Waals surface area contributed by atoms with Crippen LogP contribution >= 0.6 is 0 Å². The standard InChI is InChI=1S/C32H30F3N5O2/c1-3-22-25(34)6-5-19-11-21(41)12-23(28(19)22)26-13-27-24(29(37-26)39-10-8-31(2,35)17-39)15-36-30(38-27)42-18-32-7-4-9-40(32)16-20(33)14-32/h1,5-6,11-13,15,20,41H,4,7-10,14,16-18H2,2H3/t20-,31-,32+/m1/s1. The molecule has 3 saturated heterocycles. The Kier molecular flexibility index (Phi) is 6.21. The average molecular weight is 574 g/mol. The van der Waals surface area contributed by atoms with Crippen LogP contribution in [0.5, 0.6) is 11.8 Å². The van der Waals surface area contributed by atoms with Gasteiger partial charge >= 0.3 is 6.01 Å². The summed E-state index contributed by atoms with van der Waals surface area (Å²) in [4.78, 5) is 18.1. The predicted molar refractivity (Wildman–Crippen MR) is 155 cm³/mol.